The van der Waals surface area contributed by atoms with Crippen LogP contribution in [0.25, 0.3) is 0 Å². The van der Waals surface area contributed by atoms with Crippen LogP contribution in [0, 0.1) is 0 Å². The van der Waals surface area contributed by atoms with E-state index in [1.54, 1.807) is 4.50 Å². The molecule has 0 aliphatic carbocycles. The molecule has 1 unspecified atom stereocenters. The molecular formula is C14H25NS3Si. The Bertz CT molecular complexity index is 377. The van der Waals surface area contributed by atoms with Gasteiger partial charge in [0.2, 0.25) is 0 Å². The maximum atomic E-state index is 4.60. The fourth-order valence-corrected chi connectivity index (χ4v) is 11.3. The Morgan fingerprint density at radius 2 is 1.95 bits per heavy atom. The van der Waals surface area contributed by atoms with Gasteiger partial charge in [0.05, 0.1) is 8.07 Å². The Hall–Kier alpha value is 0.577. The summed E-state index contributed by atoms with van der Waals surface area (Å²) in [6.45, 7) is 8.26. The van der Waals surface area contributed by atoms with Crippen molar-refractivity contribution >= 4 is 48.3 Å². The molecule has 2 rings (SSSR count). The average molecular weight is 332 g/mol. The van der Waals surface area contributed by atoms with Crippen LogP contribution in [0.3, 0.4) is 0 Å². The van der Waals surface area contributed by atoms with Crippen molar-refractivity contribution in [2.75, 3.05) is 18.1 Å². The SMILES string of the molecule is CC[Si](CC)(CC)c1ccc(C2(CS)NCCS2)s1. The standard InChI is InChI=1S/C14H25NS3Si/c1-4-19(5-2,6-3)13-8-7-12(18-13)14(11-16)15-9-10-17-14/h7-8,15-16H,4-6,9-11H2,1-3H3. The zero-order chi connectivity index (χ0) is 13.9. The molecule has 19 heavy (non-hydrogen) atoms. The van der Waals surface area contributed by atoms with Crippen molar-refractivity contribution in [2.45, 2.75) is 43.8 Å². The lowest BCUT2D eigenvalue weighted by Crippen LogP contribution is -2.44. The lowest BCUT2D eigenvalue weighted by molar-refractivity contribution is 0.595. The zero-order valence-corrected chi connectivity index (χ0v) is 15.7. The number of rotatable bonds is 6. The van der Waals surface area contributed by atoms with Crippen molar-refractivity contribution < 1.29 is 0 Å². The molecule has 0 aromatic carbocycles. The first-order chi connectivity index (χ1) is 9.16. The van der Waals surface area contributed by atoms with Gasteiger partial charge in [-0.15, -0.1) is 23.1 Å². The van der Waals surface area contributed by atoms with Gasteiger partial charge in [-0.25, -0.2) is 0 Å². The summed E-state index contributed by atoms with van der Waals surface area (Å²) >= 11 is 8.69. The first kappa shape index (κ1) is 16.0. The maximum Gasteiger partial charge on any atom is 0.108 e. The third-order valence-electron chi connectivity index (χ3n) is 4.64. The van der Waals surface area contributed by atoms with Gasteiger partial charge in [0, 0.05) is 22.9 Å². The summed E-state index contributed by atoms with van der Waals surface area (Å²) in [5.41, 5.74) is 0. The summed E-state index contributed by atoms with van der Waals surface area (Å²) < 4.78 is 1.70. The molecule has 108 valence electrons. The molecule has 1 fully saturated rings. The van der Waals surface area contributed by atoms with Gasteiger partial charge >= 0.3 is 0 Å². The molecule has 1 aromatic rings. The van der Waals surface area contributed by atoms with E-state index in [1.165, 1.54) is 28.8 Å². The second kappa shape index (κ2) is 6.56. The van der Waals surface area contributed by atoms with Gasteiger partial charge in [-0.1, -0.05) is 45.0 Å². The van der Waals surface area contributed by atoms with Crippen LogP contribution in [0.1, 0.15) is 25.6 Å². The van der Waals surface area contributed by atoms with E-state index >= 15 is 0 Å². The fraction of sp³-hybridized carbons (Fsp3) is 0.714. The molecule has 0 radical (unpaired) electrons. The van der Waals surface area contributed by atoms with E-state index < -0.39 is 8.07 Å². The lowest BCUT2D eigenvalue weighted by Gasteiger charge is -2.28. The minimum absolute atomic E-state index is 0.0847. The summed E-state index contributed by atoms with van der Waals surface area (Å²) in [5, 5.41) is 3.67. The van der Waals surface area contributed by atoms with Crippen LogP contribution in [0.15, 0.2) is 12.1 Å². The summed E-state index contributed by atoms with van der Waals surface area (Å²) in [7, 11) is -1.21. The monoisotopic (exact) mass is 331 g/mol. The molecule has 1 saturated heterocycles. The van der Waals surface area contributed by atoms with Crippen LogP contribution in [-0.2, 0) is 4.87 Å². The number of thiol groups is 1. The van der Waals surface area contributed by atoms with Gasteiger partial charge in [0.15, 0.2) is 0 Å². The average Bonchev–Trinajstić information content (AvgIpc) is 3.11. The summed E-state index contributed by atoms with van der Waals surface area (Å²) in [4.78, 5) is 1.58. The van der Waals surface area contributed by atoms with Crippen molar-refractivity contribution in [2.24, 2.45) is 0 Å². The van der Waals surface area contributed by atoms with Crippen LogP contribution in [0.4, 0.5) is 0 Å². The quantitative estimate of drug-likeness (QED) is 0.606. The van der Waals surface area contributed by atoms with E-state index in [0.29, 0.717) is 0 Å². The van der Waals surface area contributed by atoms with Crippen LogP contribution in [0.5, 0.6) is 0 Å². The summed E-state index contributed by atoms with van der Waals surface area (Å²) in [5.74, 6) is 2.09. The molecule has 1 N–H and O–H groups in total. The van der Waals surface area contributed by atoms with E-state index in [0.717, 1.165) is 12.3 Å². The number of thioether (sulfide) groups is 1. The normalized spacial score (nSPS) is 24.0. The van der Waals surface area contributed by atoms with Gasteiger partial charge in [-0.2, -0.15) is 12.6 Å². The lowest BCUT2D eigenvalue weighted by atomic mass is 10.2. The van der Waals surface area contributed by atoms with Gasteiger partial charge in [0.25, 0.3) is 0 Å². The molecule has 1 aliphatic heterocycles. The van der Waals surface area contributed by atoms with Crippen LogP contribution in [0.2, 0.25) is 18.1 Å². The first-order valence-electron chi connectivity index (χ1n) is 7.27. The van der Waals surface area contributed by atoms with Crippen LogP contribution >= 0.6 is 35.7 Å². The van der Waals surface area contributed by atoms with E-state index in [-0.39, 0.29) is 4.87 Å². The Labute approximate surface area is 132 Å². The highest BCUT2D eigenvalue weighted by Crippen LogP contribution is 2.41. The summed E-state index contributed by atoms with van der Waals surface area (Å²) in [6, 6.07) is 8.90. The van der Waals surface area contributed by atoms with Gasteiger partial charge in [-0.3, -0.25) is 5.32 Å². The summed E-state index contributed by atoms with van der Waals surface area (Å²) in [6.07, 6.45) is 0. The molecule has 0 spiro atoms. The molecule has 1 aromatic heterocycles. The Morgan fingerprint density at radius 1 is 1.26 bits per heavy atom. The molecule has 0 saturated carbocycles. The first-order valence-corrected chi connectivity index (χ1v) is 12.3. The minimum atomic E-state index is -1.21. The Kier molecular flexibility index (Phi) is 5.51. The van der Waals surface area contributed by atoms with Crippen molar-refractivity contribution in [3.63, 3.8) is 0 Å². The zero-order valence-electron chi connectivity index (χ0n) is 12.2. The molecule has 5 heteroatoms. The third kappa shape index (κ3) is 2.82. The molecule has 1 aliphatic rings. The van der Waals surface area contributed by atoms with Crippen LogP contribution < -0.4 is 9.82 Å². The van der Waals surface area contributed by atoms with E-state index in [9.17, 15) is 0 Å². The molecular weight excluding hydrogens is 306 g/mol. The maximum absolute atomic E-state index is 4.60. The number of hydrogen-bond acceptors (Lipinski definition) is 4. The van der Waals surface area contributed by atoms with Crippen LogP contribution in [-0.4, -0.2) is 26.1 Å². The third-order valence-corrected chi connectivity index (χ3v) is 14.8. The molecule has 0 amide bonds. The Balaban J connectivity index is 2.32. The number of hydrogen-bond donors (Lipinski definition) is 2. The predicted octanol–water partition coefficient (Wildman–Crippen LogP) is 3.88. The van der Waals surface area contributed by atoms with Crippen molar-refractivity contribution in [3.8, 4) is 0 Å². The number of thiophene rings is 1. The van der Waals surface area contributed by atoms with Gasteiger partial charge in [0.1, 0.15) is 4.87 Å². The van der Waals surface area contributed by atoms with Crippen molar-refractivity contribution in [1.82, 2.24) is 5.32 Å². The van der Waals surface area contributed by atoms with E-state index in [2.05, 4.69) is 62.2 Å². The van der Waals surface area contributed by atoms with Crippen molar-refractivity contribution in [3.05, 3.63) is 17.0 Å². The second-order valence-corrected chi connectivity index (χ2v) is 13.6. The molecule has 1 atom stereocenters. The van der Waals surface area contributed by atoms with Gasteiger partial charge < -0.3 is 0 Å². The smallest absolute Gasteiger partial charge is 0.108 e. The molecule has 0 bridgehead atoms. The highest BCUT2D eigenvalue weighted by molar-refractivity contribution is 8.01. The molecule has 2 heterocycles. The van der Waals surface area contributed by atoms with E-state index in [4.69, 9.17) is 0 Å². The van der Waals surface area contributed by atoms with Crippen molar-refractivity contribution in [1.29, 1.82) is 0 Å². The second-order valence-electron chi connectivity index (χ2n) is 5.27. The topological polar surface area (TPSA) is 12.0 Å². The minimum Gasteiger partial charge on any atom is -0.297 e. The molecule has 1 nitrogen and oxygen atoms in total. The van der Waals surface area contributed by atoms with Gasteiger partial charge in [-0.05, 0) is 10.6 Å². The predicted molar refractivity (Wildman–Crippen MR) is 97.1 cm³/mol. The van der Waals surface area contributed by atoms with E-state index in [1.807, 2.05) is 11.8 Å². The largest absolute Gasteiger partial charge is 0.297 e. The number of nitrogens with one attached hydrogen (secondary N) is 1. The highest BCUT2D eigenvalue weighted by Gasteiger charge is 2.38. The fourth-order valence-electron chi connectivity index (χ4n) is 2.98. The Morgan fingerprint density at radius 3 is 2.42 bits per heavy atom. The highest BCUT2D eigenvalue weighted by atomic mass is 32.2.